The molecule has 0 saturated carbocycles. The Labute approximate surface area is 113 Å². The summed E-state index contributed by atoms with van der Waals surface area (Å²) < 4.78 is 0. The normalized spacial score (nSPS) is 18.2. The Hall–Kier alpha value is -1.46. The molecule has 0 unspecified atom stereocenters. The van der Waals surface area contributed by atoms with Crippen LogP contribution in [0, 0.1) is 17.0 Å². The van der Waals surface area contributed by atoms with Gasteiger partial charge in [0.25, 0.3) is 5.69 Å². The standard InChI is InChI=1S/C14H21N3O2/c1-3-13(16-8-6-15-7-9-16)12-5-4-11(2)14(10-12)17(18)19/h4-5,10,13,15H,3,6-9H2,1-2H3/t13-/m1/s1. The van der Waals surface area contributed by atoms with E-state index in [1.165, 1.54) is 0 Å². The van der Waals surface area contributed by atoms with Gasteiger partial charge in [-0.1, -0.05) is 19.1 Å². The van der Waals surface area contributed by atoms with Crippen molar-refractivity contribution in [2.45, 2.75) is 26.3 Å². The third-order valence-electron chi connectivity index (χ3n) is 3.79. The SMILES string of the molecule is CC[C@H](c1ccc(C)c([N+](=O)[O-])c1)N1CCNCC1. The summed E-state index contributed by atoms with van der Waals surface area (Å²) in [7, 11) is 0. The Morgan fingerprint density at radius 3 is 2.68 bits per heavy atom. The predicted molar refractivity (Wildman–Crippen MR) is 75.3 cm³/mol. The summed E-state index contributed by atoms with van der Waals surface area (Å²) in [5, 5.41) is 14.4. The molecule has 2 rings (SSSR count). The number of nitrogens with zero attached hydrogens (tertiary/aromatic N) is 2. The Bertz CT molecular complexity index is 456. The van der Waals surface area contributed by atoms with Crippen LogP contribution in [0.15, 0.2) is 18.2 Å². The number of piperazine rings is 1. The maximum atomic E-state index is 11.0. The Morgan fingerprint density at radius 1 is 1.42 bits per heavy atom. The van der Waals surface area contributed by atoms with Gasteiger partial charge >= 0.3 is 0 Å². The van der Waals surface area contributed by atoms with Gasteiger partial charge in [-0.25, -0.2) is 0 Å². The summed E-state index contributed by atoms with van der Waals surface area (Å²) >= 11 is 0. The molecule has 5 nitrogen and oxygen atoms in total. The number of hydrogen-bond acceptors (Lipinski definition) is 4. The summed E-state index contributed by atoms with van der Waals surface area (Å²) in [6, 6.07) is 5.91. The van der Waals surface area contributed by atoms with Crippen LogP contribution in [-0.2, 0) is 0 Å². The highest BCUT2D eigenvalue weighted by Gasteiger charge is 2.22. The first-order valence-corrected chi connectivity index (χ1v) is 6.83. The average Bonchev–Trinajstić information content (AvgIpc) is 2.42. The van der Waals surface area contributed by atoms with E-state index in [0.717, 1.165) is 43.7 Å². The minimum absolute atomic E-state index is 0.228. The Balaban J connectivity index is 2.27. The van der Waals surface area contributed by atoms with Crippen molar-refractivity contribution >= 4 is 5.69 Å². The summed E-state index contributed by atoms with van der Waals surface area (Å²) in [6.45, 7) is 7.90. The first-order valence-electron chi connectivity index (χ1n) is 6.83. The number of aryl methyl sites for hydroxylation is 1. The Kier molecular flexibility index (Phi) is 4.50. The van der Waals surface area contributed by atoms with Crippen molar-refractivity contribution in [1.29, 1.82) is 0 Å². The highest BCUT2D eigenvalue weighted by Crippen LogP contribution is 2.29. The zero-order chi connectivity index (χ0) is 13.8. The van der Waals surface area contributed by atoms with E-state index in [-0.39, 0.29) is 16.7 Å². The monoisotopic (exact) mass is 263 g/mol. The first-order chi connectivity index (χ1) is 9.13. The minimum Gasteiger partial charge on any atom is -0.314 e. The van der Waals surface area contributed by atoms with Gasteiger partial charge < -0.3 is 5.32 Å². The molecule has 1 atom stereocenters. The smallest absolute Gasteiger partial charge is 0.272 e. The fourth-order valence-corrected chi connectivity index (χ4v) is 2.73. The summed E-state index contributed by atoms with van der Waals surface area (Å²) in [5.41, 5.74) is 2.01. The summed E-state index contributed by atoms with van der Waals surface area (Å²) in [6.07, 6.45) is 0.972. The van der Waals surface area contributed by atoms with Crippen molar-refractivity contribution < 1.29 is 4.92 Å². The number of nitro groups is 1. The molecule has 1 heterocycles. The number of rotatable bonds is 4. The Morgan fingerprint density at radius 2 is 2.11 bits per heavy atom. The van der Waals surface area contributed by atoms with Crippen LogP contribution in [0.25, 0.3) is 0 Å². The number of benzene rings is 1. The molecule has 1 aromatic rings. The van der Waals surface area contributed by atoms with Crippen LogP contribution in [0.2, 0.25) is 0 Å². The van der Waals surface area contributed by atoms with Gasteiger partial charge in [0.05, 0.1) is 4.92 Å². The van der Waals surface area contributed by atoms with Crippen molar-refractivity contribution in [3.05, 3.63) is 39.4 Å². The van der Waals surface area contributed by atoms with Gasteiger partial charge in [0.1, 0.15) is 0 Å². The lowest BCUT2D eigenvalue weighted by molar-refractivity contribution is -0.385. The molecule has 19 heavy (non-hydrogen) atoms. The zero-order valence-electron chi connectivity index (χ0n) is 11.6. The maximum Gasteiger partial charge on any atom is 0.272 e. The maximum absolute atomic E-state index is 11.0. The summed E-state index contributed by atoms with van der Waals surface area (Å²) in [5.74, 6) is 0. The molecule has 5 heteroatoms. The van der Waals surface area contributed by atoms with Crippen LogP contribution in [0.4, 0.5) is 5.69 Å². The van der Waals surface area contributed by atoms with Crippen LogP contribution in [0.3, 0.4) is 0 Å². The van der Waals surface area contributed by atoms with E-state index in [9.17, 15) is 10.1 Å². The minimum atomic E-state index is -0.288. The van der Waals surface area contributed by atoms with E-state index in [4.69, 9.17) is 0 Å². The second-order valence-electron chi connectivity index (χ2n) is 5.01. The molecule has 0 aliphatic carbocycles. The molecule has 1 aromatic carbocycles. The topological polar surface area (TPSA) is 58.4 Å². The van der Waals surface area contributed by atoms with Gasteiger partial charge in [-0.3, -0.25) is 15.0 Å². The fourth-order valence-electron chi connectivity index (χ4n) is 2.73. The van der Waals surface area contributed by atoms with Crippen LogP contribution in [-0.4, -0.2) is 36.0 Å². The van der Waals surface area contributed by atoms with E-state index in [1.807, 2.05) is 12.1 Å². The molecule has 0 amide bonds. The number of hydrogen-bond donors (Lipinski definition) is 1. The van der Waals surface area contributed by atoms with Crippen LogP contribution >= 0.6 is 0 Å². The van der Waals surface area contributed by atoms with Gasteiger partial charge in [-0.05, 0) is 18.9 Å². The highest BCUT2D eigenvalue weighted by molar-refractivity contribution is 5.43. The van der Waals surface area contributed by atoms with Crippen LogP contribution < -0.4 is 5.32 Å². The predicted octanol–water partition coefficient (Wildman–Crippen LogP) is 2.26. The fraction of sp³-hybridized carbons (Fsp3) is 0.571. The zero-order valence-corrected chi connectivity index (χ0v) is 11.6. The van der Waals surface area contributed by atoms with E-state index in [2.05, 4.69) is 17.1 Å². The van der Waals surface area contributed by atoms with E-state index in [0.29, 0.717) is 0 Å². The lowest BCUT2D eigenvalue weighted by atomic mass is 9.99. The second-order valence-corrected chi connectivity index (χ2v) is 5.01. The third-order valence-corrected chi connectivity index (χ3v) is 3.79. The van der Waals surface area contributed by atoms with Crippen molar-refractivity contribution in [2.24, 2.45) is 0 Å². The summed E-state index contributed by atoms with van der Waals surface area (Å²) in [4.78, 5) is 13.2. The van der Waals surface area contributed by atoms with Crippen LogP contribution in [0.1, 0.15) is 30.5 Å². The molecule has 1 N–H and O–H groups in total. The molecule has 1 aliphatic heterocycles. The van der Waals surface area contributed by atoms with Crippen molar-refractivity contribution in [3.8, 4) is 0 Å². The number of nitro benzene ring substituents is 1. The molecule has 1 aliphatic rings. The quantitative estimate of drug-likeness (QED) is 0.668. The molecular weight excluding hydrogens is 242 g/mol. The molecule has 0 radical (unpaired) electrons. The molecule has 0 bridgehead atoms. The van der Waals surface area contributed by atoms with E-state index < -0.39 is 0 Å². The van der Waals surface area contributed by atoms with E-state index >= 15 is 0 Å². The van der Waals surface area contributed by atoms with E-state index in [1.54, 1.807) is 13.0 Å². The van der Waals surface area contributed by atoms with Gasteiger partial charge in [0, 0.05) is 43.9 Å². The average molecular weight is 263 g/mol. The molecule has 1 fully saturated rings. The second kappa shape index (κ2) is 6.12. The first kappa shape index (κ1) is 14.0. The lowest BCUT2D eigenvalue weighted by Crippen LogP contribution is -2.45. The van der Waals surface area contributed by atoms with Gasteiger partial charge in [-0.15, -0.1) is 0 Å². The van der Waals surface area contributed by atoms with Gasteiger partial charge in [0.15, 0.2) is 0 Å². The van der Waals surface area contributed by atoms with Gasteiger partial charge in [-0.2, -0.15) is 0 Å². The largest absolute Gasteiger partial charge is 0.314 e. The van der Waals surface area contributed by atoms with Crippen molar-refractivity contribution in [3.63, 3.8) is 0 Å². The third kappa shape index (κ3) is 3.11. The number of nitrogens with one attached hydrogen (secondary N) is 1. The lowest BCUT2D eigenvalue weighted by Gasteiger charge is -2.34. The van der Waals surface area contributed by atoms with Crippen molar-refractivity contribution in [2.75, 3.05) is 26.2 Å². The molecular formula is C14H21N3O2. The molecule has 1 saturated heterocycles. The molecule has 0 spiro atoms. The van der Waals surface area contributed by atoms with Crippen molar-refractivity contribution in [1.82, 2.24) is 10.2 Å². The molecule has 104 valence electrons. The van der Waals surface area contributed by atoms with Gasteiger partial charge in [0.2, 0.25) is 0 Å². The van der Waals surface area contributed by atoms with Crippen LogP contribution in [0.5, 0.6) is 0 Å². The molecule has 0 aromatic heterocycles. The highest BCUT2D eigenvalue weighted by atomic mass is 16.6.